The van der Waals surface area contributed by atoms with Gasteiger partial charge in [0.15, 0.2) is 0 Å². The van der Waals surface area contributed by atoms with E-state index in [1.165, 1.54) is 11.9 Å². The van der Waals surface area contributed by atoms with Crippen LogP contribution in [0.5, 0.6) is 0 Å². The average molecular weight is 379 g/mol. The Balaban J connectivity index is 1.53. The van der Waals surface area contributed by atoms with E-state index in [1.807, 2.05) is 37.3 Å². The minimum atomic E-state index is -0.443. The molecule has 3 rings (SSSR count). The molecule has 8 nitrogen and oxygen atoms in total. The zero-order valence-electron chi connectivity index (χ0n) is 15.8. The topological polar surface area (TPSA) is 99.0 Å². The molecule has 0 saturated carbocycles. The summed E-state index contributed by atoms with van der Waals surface area (Å²) in [6.45, 7) is 2.34. The normalized spacial score (nSPS) is 10.5. The van der Waals surface area contributed by atoms with Gasteiger partial charge in [-0.05, 0) is 36.3 Å². The molecule has 0 aliphatic carbocycles. The third-order valence-electron chi connectivity index (χ3n) is 4.18. The first-order chi connectivity index (χ1) is 13.6. The summed E-state index contributed by atoms with van der Waals surface area (Å²) in [4.78, 5) is 25.4. The molecule has 0 aliphatic heterocycles. The van der Waals surface area contributed by atoms with E-state index in [0.717, 1.165) is 11.1 Å². The van der Waals surface area contributed by atoms with Gasteiger partial charge in [-0.1, -0.05) is 36.4 Å². The lowest BCUT2D eigenvalue weighted by molar-refractivity contribution is -0.116. The van der Waals surface area contributed by atoms with Gasteiger partial charge in [0.25, 0.3) is 0 Å². The fraction of sp³-hybridized carbons (Fsp3) is 0.250. The van der Waals surface area contributed by atoms with Crippen LogP contribution in [-0.2, 0) is 16.1 Å². The van der Waals surface area contributed by atoms with Gasteiger partial charge in [-0.2, -0.15) is 4.80 Å². The number of anilines is 1. The van der Waals surface area contributed by atoms with Gasteiger partial charge >= 0.3 is 5.97 Å². The first-order valence-electron chi connectivity index (χ1n) is 8.89. The van der Waals surface area contributed by atoms with Gasteiger partial charge in [-0.25, -0.2) is 4.79 Å². The highest BCUT2D eigenvalue weighted by atomic mass is 16.5. The zero-order valence-corrected chi connectivity index (χ0v) is 15.8. The molecule has 0 atom stereocenters. The van der Waals surface area contributed by atoms with Crippen molar-refractivity contribution >= 4 is 17.6 Å². The molecule has 1 aromatic heterocycles. The first kappa shape index (κ1) is 19.2. The highest BCUT2D eigenvalue weighted by Crippen LogP contribution is 2.18. The number of nitrogens with one attached hydrogen (secondary N) is 1. The fourth-order valence-corrected chi connectivity index (χ4v) is 2.64. The predicted octanol–water partition coefficient (Wildman–Crippen LogP) is 2.85. The second kappa shape index (κ2) is 8.90. The molecule has 1 N–H and O–H groups in total. The van der Waals surface area contributed by atoms with Crippen LogP contribution in [-0.4, -0.2) is 39.2 Å². The number of amides is 1. The Morgan fingerprint density at radius 3 is 2.68 bits per heavy atom. The standard InChI is InChI=1S/C20H21N5O3/c1-14-10-11-16(20(27)28-2)13-17(14)21-18(26)9-6-12-25-23-19(22-24-25)15-7-4-3-5-8-15/h3-5,7-8,10-11,13H,6,9,12H2,1-2H3,(H,21,26). The third kappa shape index (κ3) is 4.79. The Morgan fingerprint density at radius 1 is 1.14 bits per heavy atom. The number of tetrazole rings is 1. The highest BCUT2D eigenvalue weighted by molar-refractivity contribution is 5.95. The molecule has 0 fully saturated rings. The molecule has 8 heteroatoms. The Labute approximate surface area is 162 Å². The molecular formula is C20H21N5O3. The summed E-state index contributed by atoms with van der Waals surface area (Å²) in [5.74, 6) is -0.0317. The molecule has 0 spiro atoms. The van der Waals surface area contributed by atoms with E-state index >= 15 is 0 Å². The van der Waals surface area contributed by atoms with Crippen LogP contribution in [0.3, 0.4) is 0 Å². The molecule has 1 amide bonds. The van der Waals surface area contributed by atoms with Crippen LogP contribution in [0.1, 0.15) is 28.8 Å². The number of hydrogen-bond acceptors (Lipinski definition) is 6. The van der Waals surface area contributed by atoms with Gasteiger partial charge in [0.2, 0.25) is 11.7 Å². The minimum Gasteiger partial charge on any atom is -0.465 e. The highest BCUT2D eigenvalue weighted by Gasteiger charge is 2.11. The molecular weight excluding hydrogens is 358 g/mol. The van der Waals surface area contributed by atoms with Crippen LogP contribution in [0.15, 0.2) is 48.5 Å². The summed E-state index contributed by atoms with van der Waals surface area (Å²) in [6, 6.07) is 14.6. The number of rotatable bonds is 7. The summed E-state index contributed by atoms with van der Waals surface area (Å²) >= 11 is 0. The summed E-state index contributed by atoms with van der Waals surface area (Å²) in [7, 11) is 1.32. The lowest BCUT2D eigenvalue weighted by Crippen LogP contribution is -2.14. The van der Waals surface area contributed by atoms with E-state index in [2.05, 4.69) is 20.7 Å². The van der Waals surface area contributed by atoms with Crippen LogP contribution >= 0.6 is 0 Å². The molecule has 3 aromatic rings. The van der Waals surface area contributed by atoms with Crippen molar-refractivity contribution in [1.82, 2.24) is 20.2 Å². The number of carbonyl (C=O) groups excluding carboxylic acids is 2. The molecule has 28 heavy (non-hydrogen) atoms. The van der Waals surface area contributed by atoms with Crippen LogP contribution in [0.4, 0.5) is 5.69 Å². The lowest BCUT2D eigenvalue weighted by Gasteiger charge is -2.10. The minimum absolute atomic E-state index is 0.145. The van der Waals surface area contributed by atoms with Crippen molar-refractivity contribution in [3.05, 3.63) is 59.7 Å². The number of esters is 1. The third-order valence-corrected chi connectivity index (χ3v) is 4.18. The van der Waals surface area contributed by atoms with Crippen LogP contribution in [0.2, 0.25) is 0 Å². The Kier molecular flexibility index (Phi) is 6.11. The molecule has 0 radical (unpaired) electrons. The van der Waals surface area contributed by atoms with Gasteiger partial charge in [0.05, 0.1) is 19.2 Å². The van der Waals surface area contributed by atoms with Crippen molar-refractivity contribution in [3.8, 4) is 11.4 Å². The molecule has 1 heterocycles. The van der Waals surface area contributed by atoms with Crippen molar-refractivity contribution < 1.29 is 14.3 Å². The van der Waals surface area contributed by atoms with E-state index in [9.17, 15) is 9.59 Å². The lowest BCUT2D eigenvalue weighted by atomic mass is 10.1. The monoisotopic (exact) mass is 379 g/mol. The number of hydrogen-bond donors (Lipinski definition) is 1. The first-order valence-corrected chi connectivity index (χ1v) is 8.89. The van der Waals surface area contributed by atoms with E-state index in [0.29, 0.717) is 36.5 Å². The number of carbonyl (C=O) groups is 2. The number of methoxy groups -OCH3 is 1. The van der Waals surface area contributed by atoms with E-state index in [-0.39, 0.29) is 5.91 Å². The average Bonchev–Trinajstić information content (AvgIpc) is 3.18. The van der Waals surface area contributed by atoms with Crippen LogP contribution < -0.4 is 5.32 Å². The van der Waals surface area contributed by atoms with Gasteiger partial charge in [-0.15, -0.1) is 10.2 Å². The number of benzene rings is 2. The molecule has 0 unspecified atom stereocenters. The number of aromatic nitrogens is 4. The number of aryl methyl sites for hydroxylation is 2. The molecule has 0 saturated heterocycles. The number of nitrogens with zero attached hydrogens (tertiary/aromatic N) is 4. The smallest absolute Gasteiger partial charge is 0.337 e. The predicted molar refractivity (Wildman–Crippen MR) is 104 cm³/mol. The van der Waals surface area contributed by atoms with E-state index < -0.39 is 5.97 Å². The fourth-order valence-electron chi connectivity index (χ4n) is 2.64. The van der Waals surface area contributed by atoms with Crippen molar-refractivity contribution in [2.24, 2.45) is 0 Å². The van der Waals surface area contributed by atoms with Crippen molar-refractivity contribution in [1.29, 1.82) is 0 Å². The summed E-state index contributed by atoms with van der Waals surface area (Å²) in [5, 5.41) is 15.2. The van der Waals surface area contributed by atoms with E-state index in [1.54, 1.807) is 18.2 Å². The van der Waals surface area contributed by atoms with Gasteiger partial charge in [0, 0.05) is 17.7 Å². The largest absolute Gasteiger partial charge is 0.465 e. The number of ether oxygens (including phenoxy) is 1. The quantitative estimate of drug-likeness (QED) is 0.634. The second-order valence-corrected chi connectivity index (χ2v) is 6.25. The van der Waals surface area contributed by atoms with Gasteiger partial charge in [-0.3, -0.25) is 4.79 Å². The van der Waals surface area contributed by atoms with Crippen molar-refractivity contribution in [2.75, 3.05) is 12.4 Å². The molecule has 0 bridgehead atoms. The van der Waals surface area contributed by atoms with Crippen LogP contribution in [0, 0.1) is 6.92 Å². The summed E-state index contributed by atoms with van der Waals surface area (Å²) in [5.41, 5.74) is 2.75. The SMILES string of the molecule is COC(=O)c1ccc(C)c(NC(=O)CCCn2nnc(-c3ccccc3)n2)c1. The molecule has 144 valence electrons. The maximum Gasteiger partial charge on any atom is 0.337 e. The second-order valence-electron chi connectivity index (χ2n) is 6.25. The summed E-state index contributed by atoms with van der Waals surface area (Å²) in [6.07, 6.45) is 0.857. The van der Waals surface area contributed by atoms with Crippen LogP contribution in [0.25, 0.3) is 11.4 Å². The molecule has 0 aliphatic rings. The van der Waals surface area contributed by atoms with Crippen molar-refractivity contribution in [3.63, 3.8) is 0 Å². The van der Waals surface area contributed by atoms with E-state index in [4.69, 9.17) is 4.74 Å². The van der Waals surface area contributed by atoms with Gasteiger partial charge < -0.3 is 10.1 Å². The summed E-state index contributed by atoms with van der Waals surface area (Å²) < 4.78 is 4.71. The van der Waals surface area contributed by atoms with Crippen molar-refractivity contribution in [2.45, 2.75) is 26.3 Å². The maximum absolute atomic E-state index is 12.2. The Hall–Kier alpha value is -3.55. The Morgan fingerprint density at radius 2 is 1.93 bits per heavy atom. The zero-order chi connectivity index (χ0) is 19.9. The Bertz CT molecular complexity index is 969. The maximum atomic E-state index is 12.2. The molecule has 2 aromatic carbocycles. The van der Waals surface area contributed by atoms with Gasteiger partial charge in [0.1, 0.15) is 0 Å².